The van der Waals surface area contributed by atoms with Crippen molar-refractivity contribution in [2.75, 3.05) is 0 Å². The Kier molecular flexibility index (Phi) is 4.02. The van der Waals surface area contributed by atoms with Crippen molar-refractivity contribution in [2.24, 2.45) is 0 Å². The molecule has 0 fully saturated rings. The number of nitrogens with zero attached hydrogens (tertiary/aromatic N) is 1. The molecule has 4 rings (SSSR count). The van der Waals surface area contributed by atoms with E-state index >= 15 is 0 Å². The molecule has 3 heteroatoms. The zero-order valence-electron chi connectivity index (χ0n) is 14.0. The van der Waals surface area contributed by atoms with Gasteiger partial charge in [0.25, 0.3) is 0 Å². The van der Waals surface area contributed by atoms with Crippen LogP contribution in [0.25, 0.3) is 5.76 Å². The third kappa shape index (κ3) is 2.66. The van der Waals surface area contributed by atoms with E-state index in [-0.39, 0.29) is 5.82 Å². The molecule has 0 spiro atoms. The van der Waals surface area contributed by atoms with Gasteiger partial charge in [-0.1, -0.05) is 60.7 Å². The predicted octanol–water partition coefficient (Wildman–Crippen LogP) is 5.42. The van der Waals surface area contributed by atoms with Gasteiger partial charge in [-0.15, -0.1) is 0 Å². The highest BCUT2D eigenvalue weighted by molar-refractivity contribution is 5.71. The van der Waals surface area contributed by atoms with Gasteiger partial charge in [0.2, 0.25) is 0 Å². The fourth-order valence-corrected chi connectivity index (χ4v) is 3.43. The van der Waals surface area contributed by atoms with E-state index in [1.54, 1.807) is 12.1 Å². The summed E-state index contributed by atoms with van der Waals surface area (Å²) in [7, 11) is 0. The second-order valence-corrected chi connectivity index (χ2v) is 6.26. The molecule has 0 saturated heterocycles. The molecule has 0 atom stereocenters. The summed E-state index contributed by atoms with van der Waals surface area (Å²) in [6.07, 6.45) is 0.435. The van der Waals surface area contributed by atoms with E-state index in [1.807, 2.05) is 60.7 Å². The first-order valence-corrected chi connectivity index (χ1v) is 8.42. The highest BCUT2D eigenvalue weighted by atomic mass is 19.1. The van der Waals surface area contributed by atoms with Crippen molar-refractivity contribution in [3.05, 3.63) is 113 Å². The summed E-state index contributed by atoms with van der Waals surface area (Å²) in [4.78, 5) is 0. The van der Waals surface area contributed by atoms with Crippen LogP contribution in [0, 0.1) is 17.1 Å². The zero-order chi connectivity index (χ0) is 18.0. The van der Waals surface area contributed by atoms with Crippen molar-refractivity contribution >= 4 is 5.76 Å². The van der Waals surface area contributed by atoms with Crippen molar-refractivity contribution in [3.63, 3.8) is 0 Å². The predicted molar refractivity (Wildman–Crippen MR) is 98.3 cm³/mol. The van der Waals surface area contributed by atoms with E-state index < -0.39 is 5.60 Å². The Balaban J connectivity index is 1.86. The van der Waals surface area contributed by atoms with E-state index in [4.69, 9.17) is 4.74 Å². The first-order chi connectivity index (χ1) is 12.7. The largest absolute Gasteiger partial charge is 0.476 e. The summed E-state index contributed by atoms with van der Waals surface area (Å²) in [5.41, 5.74) is 2.46. The molecule has 126 valence electrons. The summed E-state index contributed by atoms with van der Waals surface area (Å²) in [5, 5.41) is 9.72. The van der Waals surface area contributed by atoms with Gasteiger partial charge in [0, 0.05) is 23.1 Å². The lowest BCUT2D eigenvalue weighted by Crippen LogP contribution is -2.27. The zero-order valence-corrected chi connectivity index (χ0v) is 14.0. The van der Waals surface area contributed by atoms with Crippen molar-refractivity contribution in [3.8, 4) is 6.07 Å². The minimum atomic E-state index is -0.767. The number of benzene rings is 3. The molecule has 1 heterocycles. The molecule has 0 N–H and O–H groups in total. The standard InChI is InChI=1S/C23H16FNO/c24-21-13-11-17(12-14-21)22-18(16-25)15-23(26-22,19-7-3-1-4-8-19)20-9-5-2-6-10-20/h1-14H,15H2. The number of rotatable bonds is 3. The number of nitriles is 1. The van der Waals surface area contributed by atoms with Crippen LogP contribution in [0.4, 0.5) is 4.39 Å². The molecule has 2 nitrogen and oxygen atoms in total. The first kappa shape index (κ1) is 16.1. The molecule has 0 aromatic heterocycles. The lowest BCUT2D eigenvalue weighted by molar-refractivity contribution is 0.101. The molecular formula is C23H16FNO. The van der Waals surface area contributed by atoms with Crippen molar-refractivity contribution in [1.82, 2.24) is 0 Å². The summed E-state index contributed by atoms with van der Waals surface area (Å²) in [5.74, 6) is 0.198. The summed E-state index contributed by atoms with van der Waals surface area (Å²) in [6, 6.07) is 28.1. The van der Waals surface area contributed by atoms with Gasteiger partial charge < -0.3 is 4.74 Å². The number of hydrogen-bond donors (Lipinski definition) is 0. The van der Waals surface area contributed by atoms with Gasteiger partial charge in [0.05, 0.1) is 11.6 Å². The lowest BCUT2D eigenvalue weighted by atomic mass is 9.82. The molecule has 3 aromatic rings. The van der Waals surface area contributed by atoms with Gasteiger partial charge in [-0.2, -0.15) is 5.26 Å². The quantitative estimate of drug-likeness (QED) is 0.637. The molecule has 1 aliphatic heterocycles. The second-order valence-electron chi connectivity index (χ2n) is 6.26. The van der Waals surface area contributed by atoms with Crippen LogP contribution >= 0.6 is 0 Å². The van der Waals surface area contributed by atoms with E-state index in [0.29, 0.717) is 23.3 Å². The van der Waals surface area contributed by atoms with Crippen molar-refractivity contribution in [2.45, 2.75) is 12.0 Å². The van der Waals surface area contributed by atoms with E-state index in [1.165, 1.54) is 12.1 Å². The third-order valence-corrected chi connectivity index (χ3v) is 4.70. The monoisotopic (exact) mass is 341 g/mol. The highest BCUT2D eigenvalue weighted by Gasteiger charge is 2.44. The molecule has 0 unspecified atom stereocenters. The number of ether oxygens (including phenoxy) is 1. The Labute approximate surface area is 151 Å². The van der Waals surface area contributed by atoms with E-state index in [9.17, 15) is 9.65 Å². The number of halogens is 1. The molecule has 0 radical (unpaired) electrons. The Bertz CT molecular complexity index is 946. The van der Waals surface area contributed by atoms with Crippen molar-refractivity contribution < 1.29 is 9.13 Å². The van der Waals surface area contributed by atoms with Gasteiger partial charge in [0.1, 0.15) is 11.6 Å². The van der Waals surface area contributed by atoms with E-state index in [0.717, 1.165) is 11.1 Å². The second kappa shape index (κ2) is 6.50. The van der Waals surface area contributed by atoms with E-state index in [2.05, 4.69) is 6.07 Å². The maximum Gasteiger partial charge on any atom is 0.164 e. The van der Waals surface area contributed by atoms with Crippen molar-refractivity contribution in [1.29, 1.82) is 5.26 Å². The normalized spacial score (nSPS) is 15.4. The maximum absolute atomic E-state index is 13.3. The topological polar surface area (TPSA) is 33.0 Å². The Morgan fingerprint density at radius 3 is 1.85 bits per heavy atom. The highest BCUT2D eigenvalue weighted by Crippen LogP contribution is 2.49. The van der Waals surface area contributed by atoms with Gasteiger partial charge >= 0.3 is 0 Å². The summed E-state index contributed by atoms with van der Waals surface area (Å²) >= 11 is 0. The molecule has 26 heavy (non-hydrogen) atoms. The molecule has 0 bridgehead atoms. The van der Waals surface area contributed by atoms with Crippen LogP contribution in [0.5, 0.6) is 0 Å². The number of hydrogen-bond acceptors (Lipinski definition) is 2. The molecule has 0 aliphatic carbocycles. The molecule has 3 aromatic carbocycles. The minimum Gasteiger partial charge on any atom is -0.476 e. The summed E-state index contributed by atoms with van der Waals surface area (Å²) < 4.78 is 19.8. The van der Waals surface area contributed by atoms with Crippen LogP contribution in [-0.2, 0) is 10.3 Å². The van der Waals surface area contributed by atoms with Gasteiger partial charge in [-0.3, -0.25) is 0 Å². The molecule has 0 amide bonds. The SMILES string of the molecule is N#CC1=C(c2ccc(F)cc2)OC(c2ccccc2)(c2ccccc2)C1. The Hall–Kier alpha value is -3.38. The van der Waals surface area contributed by atoms with Gasteiger partial charge in [-0.25, -0.2) is 4.39 Å². The van der Waals surface area contributed by atoms with Crippen LogP contribution in [0.2, 0.25) is 0 Å². The summed E-state index contributed by atoms with van der Waals surface area (Å²) in [6.45, 7) is 0. The fourth-order valence-electron chi connectivity index (χ4n) is 3.43. The smallest absolute Gasteiger partial charge is 0.164 e. The van der Waals surface area contributed by atoms with Crippen LogP contribution in [0.1, 0.15) is 23.1 Å². The fraction of sp³-hybridized carbons (Fsp3) is 0.0870. The first-order valence-electron chi connectivity index (χ1n) is 8.42. The maximum atomic E-state index is 13.3. The van der Waals surface area contributed by atoms with Gasteiger partial charge in [-0.05, 0) is 24.3 Å². The molecular weight excluding hydrogens is 325 g/mol. The Morgan fingerprint density at radius 1 is 0.808 bits per heavy atom. The van der Waals surface area contributed by atoms with Crippen LogP contribution in [-0.4, -0.2) is 0 Å². The average Bonchev–Trinajstić information content (AvgIpc) is 3.11. The Morgan fingerprint density at radius 2 is 1.35 bits per heavy atom. The average molecular weight is 341 g/mol. The van der Waals surface area contributed by atoms with Crippen LogP contribution < -0.4 is 0 Å². The minimum absolute atomic E-state index is 0.316. The molecule has 1 aliphatic rings. The lowest BCUT2D eigenvalue weighted by Gasteiger charge is -2.31. The third-order valence-electron chi connectivity index (χ3n) is 4.70. The van der Waals surface area contributed by atoms with Gasteiger partial charge in [0.15, 0.2) is 5.60 Å². The molecule has 0 saturated carbocycles. The van der Waals surface area contributed by atoms with Crippen LogP contribution in [0.3, 0.4) is 0 Å². The van der Waals surface area contributed by atoms with Crippen LogP contribution in [0.15, 0.2) is 90.5 Å².